The number of nitrogens with zero attached hydrogens (tertiary/aromatic N) is 2. The lowest BCUT2D eigenvalue weighted by Gasteiger charge is -2.31. The van der Waals surface area contributed by atoms with Crippen LogP contribution in [-0.2, 0) is 4.74 Å². The van der Waals surface area contributed by atoms with E-state index in [1.807, 2.05) is 0 Å². The SMILES string of the molecule is CCOc1nccc2c(C(=O)c3c(F)cc(C(C)N(NC)C(=O)OC(C)(C)C)cc3F)cccc12. The Kier molecular flexibility index (Phi) is 7.70. The van der Waals surface area contributed by atoms with Gasteiger partial charge in [-0.3, -0.25) is 4.79 Å². The molecule has 0 saturated heterocycles. The van der Waals surface area contributed by atoms with E-state index in [-0.39, 0.29) is 11.1 Å². The number of amides is 1. The number of halogens is 2. The number of rotatable bonds is 7. The number of fused-ring (bicyclic) bond motifs is 1. The van der Waals surface area contributed by atoms with Crippen LogP contribution in [-0.4, -0.2) is 41.1 Å². The van der Waals surface area contributed by atoms with Crippen molar-refractivity contribution < 1.29 is 27.8 Å². The highest BCUT2D eigenvalue weighted by Gasteiger charge is 2.29. The van der Waals surface area contributed by atoms with Crippen molar-refractivity contribution in [3.63, 3.8) is 0 Å². The van der Waals surface area contributed by atoms with E-state index in [2.05, 4.69) is 10.4 Å². The summed E-state index contributed by atoms with van der Waals surface area (Å²) in [6, 6.07) is 7.74. The van der Waals surface area contributed by atoms with Crippen LogP contribution < -0.4 is 10.2 Å². The van der Waals surface area contributed by atoms with Gasteiger partial charge in [-0.05, 0) is 69.8 Å². The number of carbonyl (C=O) groups excluding carboxylic acids is 2. The summed E-state index contributed by atoms with van der Waals surface area (Å²) in [6.07, 6.45) is 0.771. The fraction of sp³-hybridized carbons (Fsp3) is 0.346. The second-order valence-electron chi connectivity index (χ2n) is 8.89. The molecule has 0 aliphatic carbocycles. The lowest BCUT2D eigenvalue weighted by atomic mass is 9.95. The van der Waals surface area contributed by atoms with Gasteiger partial charge in [0.2, 0.25) is 5.88 Å². The topological polar surface area (TPSA) is 80.8 Å². The van der Waals surface area contributed by atoms with Crippen molar-refractivity contribution in [2.75, 3.05) is 13.7 Å². The highest BCUT2D eigenvalue weighted by Crippen LogP contribution is 2.30. The first-order valence-electron chi connectivity index (χ1n) is 11.2. The number of carbonyl (C=O) groups is 2. The number of benzene rings is 2. The Bertz CT molecular complexity index is 1230. The van der Waals surface area contributed by atoms with Gasteiger partial charge in [-0.1, -0.05) is 12.1 Å². The highest BCUT2D eigenvalue weighted by molar-refractivity contribution is 6.17. The predicted octanol–water partition coefficient (Wildman–Crippen LogP) is 5.58. The van der Waals surface area contributed by atoms with E-state index in [1.54, 1.807) is 52.8 Å². The Labute approximate surface area is 203 Å². The Morgan fingerprint density at radius 3 is 2.34 bits per heavy atom. The number of ketones is 1. The van der Waals surface area contributed by atoms with Crippen LogP contribution in [0.15, 0.2) is 42.6 Å². The highest BCUT2D eigenvalue weighted by atomic mass is 19.1. The largest absolute Gasteiger partial charge is 0.478 e. The number of pyridine rings is 1. The van der Waals surface area contributed by atoms with Gasteiger partial charge in [-0.15, -0.1) is 0 Å². The quantitative estimate of drug-likeness (QED) is 0.348. The predicted molar refractivity (Wildman–Crippen MR) is 128 cm³/mol. The molecular formula is C26H29F2N3O4. The first-order chi connectivity index (χ1) is 16.5. The van der Waals surface area contributed by atoms with E-state index >= 15 is 8.78 Å². The molecule has 1 N–H and O–H groups in total. The van der Waals surface area contributed by atoms with Gasteiger partial charge in [0.1, 0.15) is 17.2 Å². The van der Waals surface area contributed by atoms with E-state index in [0.717, 1.165) is 17.1 Å². The molecule has 35 heavy (non-hydrogen) atoms. The van der Waals surface area contributed by atoms with E-state index in [9.17, 15) is 9.59 Å². The molecule has 3 aromatic rings. The fourth-order valence-corrected chi connectivity index (χ4v) is 3.72. The van der Waals surface area contributed by atoms with Crippen molar-refractivity contribution in [3.05, 3.63) is 70.9 Å². The van der Waals surface area contributed by atoms with E-state index < -0.39 is 40.7 Å². The third-order valence-corrected chi connectivity index (χ3v) is 5.29. The normalized spacial score (nSPS) is 12.3. The molecule has 1 unspecified atom stereocenters. The average Bonchev–Trinajstić information content (AvgIpc) is 2.77. The van der Waals surface area contributed by atoms with Crippen LogP contribution in [0.2, 0.25) is 0 Å². The van der Waals surface area contributed by atoms with E-state index in [1.165, 1.54) is 19.3 Å². The zero-order valence-corrected chi connectivity index (χ0v) is 20.6. The van der Waals surface area contributed by atoms with Crippen molar-refractivity contribution in [3.8, 4) is 5.88 Å². The summed E-state index contributed by atoms with van der Waals surface area (Å²) < 4.78 is 41.2. The second-order valence-corrected chi connectivity index (χ2v) is 8.89. The summed E-state index contributed by atoms with van der Waals surface area (Å²) in [7, 11) is 1.50. The molecule has 0 aliphatic heterocycles. The van der Waals surface area contributed by atoms with Crippen LogP contribution in [0.3, 0.4) is 0 Å². The maximum absolute atomic E-state index is 15.2. The van der Waals surface area contributed by atoms with Gasteiger partial charge in [0.25, 0.3) is 0 Å². The van der Waals surface area contributed by atoms with Crippen molar-refractivity contribution in [1.82, 2.24) is 15.4 Å². The van der Waals surface area contributed by atoms with Crippen molar-refractivity contribution >= 4 is 22.6 Å². The molecule has 186 valence electrons. The second kappa shape index (κ2) is 10.4. The maximum Gasteiger partial charge on any atom is 0.425 e. The summed E-state index contributed by atoms with van der Waals surface area (Å²) in [5, 5.41) is 2.15. The lowest BCUT2D eigenvalue weighted by molar-refractivity contribution is 0.00612. The number of hydrazine groups is 1. The molecule has 1 aromatic heterocycles. The standard InChI is InChI=1S/C26H29F2N3O4/c1-7-34-24-19-10-8-9-18(17(19)11-12-30-24)23(32)22-20(27)13-16(14-21(22)28)15(2)31(29-6)25(33)35-26(3,4)5/h8-15,29H,7H2,1-6H3. The molecule has 2 aromatic carbocycles. The summed E-state index contributed by atoms with van der Waals surface area (Å²) >= 11 is 0. The van der Waals surface area contributed by atoms with Crippen LogP contribution in [0, 0.1) is 11.6 Å². The average molecular weight is 486 g/mol. The smallest absolute Gasteiger partial charge is 0.425 e. The van der Waals surface area contributed by atoms with Gasteiger partial charge in [0, 0.05) is 24.2 Å². The third-order valence-electron chi connectivity index (χ3n) is 5.29. The minimum atomic E-state index is -1.03. The molecule has 0 aliphatic rings. The van der Waals surface area contributed by atoms with Gasteiger partial charge in [-0.25, -0.2) is 29.0 Å². The molecule has 1 atom stereocenters. The Hall–Kier alpha value is -3.59. The molecule has 0 saturated carbocycles. The van der Waals surface area contributed by atoms with Crippen LogP contribution in [0.25, 0.3) is 10.8 Å². The minimum absolute atomic E-state index is 0.120. The summed E-state index contributed by atoms with van der Waals surface area (Å²) in [5.41, 5.74) is 1.52. The number of aromatic nitrogens is 1. The zero-order chi connectivity index (χ0) is 25.9. The molecule has 9 heteroatoms. The van der Waals surface area contributed by atoms with Crippen molar-refractivity contribution in [2.45, 2.75) is 46.3 Å². The molecule has 0 radical (unpaired) electrons. The Morgan fingerprint density at radius 2 is 1.77 bits per heavy atom. The van der Waals surface area contributed by atoms with Gasteiger partial charge in [-0.2, -0.15) is 0 Å². The molecule has 1 heterocycles. The lowest BCUT2D eigenvalue weighted by Crippen LogP contribution is -2.45. The third kappa shape index (κ3) is 5.57. The number of ether oxygens (including phenoxy) is 2. The van der Waals surface area contributed by atoms with Crippen molar-refractivity contribution in [1.29, 1.82) is 0 Å². The Morgan fingerprint density at radius 1 is 1.11 bits per heavy atom. The molecule has 0 spiro atoms. The van der Waals surface area contributed by atoms with Gasteiger partial charge < -0.3 is 9.47 Å². The van der Waals surface area contributed by atoms with Crippen LogP contribution in [0.1, 0.15) is 62.1 Å². The Balaban J connectivity index is 2.00. The summed E-state index contributed by atoms with van der Waals surface area (Å²) in [4.78, 5) is 30.0. The molecule has 3 rings (SSSR count). The van der Waals surface area contributed by atoms with Crippen molar-refractivity contribution in [2.24, 2.45) is 0 Å². The van der Waals surface area contributed by atoms with Gasteiger partial charge in [0.05, 0.1) is 18.2 Å². The van der Waals surface area contributed by atoms with E-state index in [4.69, 9.17) is 9.47 Å². The van der Waals surface area contributed by atoms with E-state index in [0.29, 0.717) is 23.3 Å². The summed E-state index contributed by atoms with van der Waals surface area (Å²) in [6.45, 7) is 8.90. The van der Waals surface area contributed by atoms with Crippen LogP contribution >= 0.6 is 0 Å². The minimum Gasteiger partial charge on any atom is -0.478 e. The van der Waals surface area contributed by atoms with Crippen LogP contribution in [0.5, 0.6) is 5.88 Å². The van der Waals surface area contributed by atoms with Crippen LogP contribution in [0.4, 0.5) is 13.6 Å². The van der Waals surface area contributed by atoms with Gasteiger partial charge >= 0.3 is 6.09 Å². The monoisotopic (exact) mass is 485 g/mol. The fourth-order valence-electron chi connectivity index (χ4n) is 3.72. The maximum atomic E-state index is 15.2. The number of nitrogens with one attached hydrogen (secondary N) is 1. The molecule has 7 nitrogen and oxygen atoms in total. The zero-order valence-electron chi connectivity index (χ0n) is 20.6. The molecule has 0 bridgehead atoms. The van der Waals surface area contributed by atoms with Gasteiger partial charge in [0.15, 0.2) is 5.78 Å². The first-order valence-corrected chi connectivity index (χ1v) is 11.2. The first kappa shape index (κ1) is 26.0. The summed E-state index contributed by atoms with van der Waals surface area (Å²) in [5.74, 6) is -2.54. The molecule has 0 fully saturated rings. The molecular weight excluding hydrogens is 456 g/mol. The molecule has 1 amide bonds. The number of hydrogen-bond donors (Lipinski definition) is 1. The number of hydrogen-bond acceptors (Lipinski definition) is 6.